The highest BCUT2D eigenvalue weighted by Gasteiger charge is 2.13. The summed E-state index contributed by atoms with van der Waals surface area (Å²) in [6.45, 7) is 2.20. The maximum Gasteiger partial charge on any atom is 0.255 e. The molecule has 1 aliphatic heterocycles. The highest BCUT2D eigenvalue weighted by molar-refractivity contribution is 8.00. The van der Waals surface area contributed by atoms with Crippen LogP contribution >= 0.6 is 11.8 Å². The maximum absolute atomic E-state index is 12.7. The van der Waals surface area contributed by atoms with Gasteiger partial charge in [-0.15, -0.1) is 11.8 Å². The molecule has 0 saturated carbocycles. The van der Waals surface area contributed by atoms with Crippen LogP contribution in [-0.2, 0) is 0 Å². The second-order valence-corrected chi connectivity index (χ2v) is 8.35. The van der Waals surface area contributed by atoms with Crippen LogP contribution in [0.15, 0.2) is 83.8 Å². The molecule has 3 aromatic rings. The largest absolute Gasteiger partial charge is 0.372 e. The van der Waals surface area contributed by atoms with Crippen molar-refractivity contribution in [3.05, 3.63) is 90.0 Å². The number of ketones is 1. The summed E-state index contributed by atoms with van der Waals surface area (Å²) in [5.41, 5.74) is 3.26. The van der Waals surface area contributed by atoms with E-state index >= 15 is 0 Å². The number of hydrogen-bond donors (Lipinski definition) is 1. The smallest absolute Gasteiger partial charge is 0.255 e. The zero-order valence-corrected chi connectivity index (χ0v) is 17.5. The summed E-state index contributed by atoms with van der Waals surface area (Å²) < 4.78 is 0. The average Bonchev–Trinajstić information content (AvgIpc) is 3.34. The van der Waals surface area contributed by atoms with Crippen LogP contribution in [0.3, 0.4) is 0 Å². The van der Waals surface area contributed by atoms with E-state index in [4.69, 9.17) is 0 Å². The fourth-order valence-corrected chi connectivity index (χ4v) is 4.37. The minimum absolute atomic E-state index is 0.0774. The van der Waals surface area contributed by atoms with E-state index < -0.39 is 0 Å². The molecule has 1 aliphatic rings. The summed E-state index contributed by atoms with van der Waals surface area (Å²) in [4.78, 5) is 28.2. The molecule has 1 saturated heterocycles. The Labute approximate surface area is 181 Å². The van der Waals surface area contributed by atoms with Crippen molar-refractivity contribution < 1.29 is 9.59 Å². The maximum atomic E-state index is 12.7. The van der Waals surface area contributed by atoms with Crippen molar-refractivity contribution in [2.45, 2.75) is 17.7 Å². The molecule has 0 spiro atoms. The van der Waals surface area contributed by atoms with Crippen molar-refractivity contribution >= 4 is 34.8 Å². The Balaban J connectivity index is 1.35. The molecule has 0 aromatic heterocycles. The molecule has 5 heteroatoms. The zero-order chi connectivity index (χ0) is 20.8. The monoisotopic (exact) mass is 416 g/mol. The van der Waals surface area contributed by atoms with Crippen molar-refractivity contribution in [2.75, 3.05) is 29.1 Å². The third-order valence-corrected chi connectivity index (χ3v) is 6.15. The number of carbonyl (C=O) groups is 2. The first kappa shape index (κ1) is 20.2. The van der Waals surface area contributed by atoms with Gasteiger partial charge in [0.05, 0.1) is 5.75 Å². The Bertz CT molecular complexity index is 1010. The van der Waals surface area contributed by atoms with Crippen molar-refractivity contribution in [1.82, 2.24) is 0 Å². The fourth-order valence-electron chi connectivity index (χ4n) is 3.52. The van der Waals surface area contributed by atoms with Crippen LogP contribution < -0.4 is 10.2 Å². The van der Waals surface area contributed by atoms with E-state index in [-0.39, 0.29) is 11.7 Å². The molecule has 4 nitrogen and oxygen atoms in total. The number of rotatable bonds is 7. The number of thioether (sulfide) groups is 1. The van der Waals surface area contributed by atoms with Gasteiger partial charge in [-0.05, 0) is 55.3 Å². The minimum Gasteiger partial charge on any atom is -0.372 e. The number of amides is 1. The first-order valence-electron chi connectivity index (χ1n) is 10.2. The third-order valence-electron chi connectivity index (χ3n) is 5.16. The van der Waals surface area contributed by atoms with Crippen LogP contribution in [0.1, 0.15) is 33.6 Å². The highest BCUT2D eigenvalue weighted by Crippen LogP contribution is 2.24. The Hall–Kier alpha value is -3.05. The molecule has 0 radical (unpaired) electrons. The molecule has 1 N–H and O–H groups in total. The lowest BCUT2D eigenvalue weighted by atomic mass is 10.2. The molecular formula is C25H24N2O2S. The molecule has 0 aliphatic carbocycles. The molecular weight excluding hydrogens is 392 g/mol. The van der Waals surface area contributed by atoms with Crippen molar-refractivity contribution in [3.63, 3.8) is 0 Å². The van der Waals surface area contributed by atoms with Gasteiger partial charge in [-0.3, -0.25) is 9.59 Å². The summed E-state index contributed by atoms with van der Waals surface area (Å²) in [6, 6.07) is 24.7. The lowest BCUT2D eigenvalue weighted by Crippen LogP contribution is -2.17. The van der Waals surface area contributed by atoms with E-state index in [1.807, 2.05) is 60.7 Å². The summed E-state index contributed by atoms with van der Waals surface area (Å²) in [6.07, 6.45) is 2.48. The Kier molecular flexibility index (Phi) is 6.50. The predicted molar refractivity (Wildman–Crippen MR) is 124 cm³/mol. The Morgan fingerprint density at radius 2 is 1.53 bits per heavy atom. The summed E-state index contributed by atoms with van der Waals surface area (Å²) in [5, 5.41) is 2.96. The van der Waals surface area contributed by atoms with Crippen molar-refractivity contribution in [1.29, 1.82) is 0 Å². The van der Waals surface area contributed by atoms with Gasteiger partial charge in [-0.25, -0.2) is 0 Å². The number of hydrogen-bond acceptors (Lipinski definition) is 4. The van der Waals surface area contributed by atoms with Gasteiger partial charge < -0.3 is 10.2 Å². The fraction of sp³-hybridized carbons (Fsp3) is 0.200. The second kappa shape index (κ2) is 9.63. The zero-order valence-electron chi connectivity index (χ0n) is 16.7. The summed E-state index contributed by atoms with van der Waals surface area (Å²) in [7, 11) is 0. The van der Waals surface area contributed by atoms with Gasteiger partial charge in [-0.1, -0.05) is 36.4 Å². The second-order valence-electron chi connectivity index (χ2n) is 7.30. The molecule has 0 unspecified atom stereocenters. The average molecular weight is 417 g/mol. The number of Topliss-reactive ketones (excluding diaryl/α,β-unsaturated/α-hetero) is 1. The van der Waals surface area contributed by atoms with Crippen LogP contribution in [0.4, 0.5) is 11.4 Å². The molecule has 0 atom stereocenters. The molecule has 30 heavy (non-hydrogen) atoms. The van der Waals surface area contributed by atoms with Gasteiger partial charge in [0.15, 0.2) is 5.78 Å². The van der Waals surface area contributed by atoms with Gasteiger partial charge >= 0.3 is 0 Å². The van der Waals surface area contributed by atoms with E-state index in [0.29, 0.717) is 16.9 Å². The van der Waals surface area contributed by atoms with Gasteiger partial charge in [0.1, 0.15) is 0 Å². The normalized spacial score (nSPS) is 13.3. The van der Waals surface area contributed by atoms with Crippen LogP contribution in [0, 0.1) is 0 Å². The molecule has 1 fully saturated rings. The van der Waals surface area contributed by atoms with E-state index in [0.717, 1.165) is 23.7 Å². The van der Waals surface area contributed by atoms with Crippen molar-refractivity contribution in [3.8, 4) is 0 Å². The summed E-state index contributed by atoms with van der Waals surface area (Å²) >= 11 is 1.44. The Morgan fingerprint density at radius 3 is 2.27 bits per heavy atom. The van der Waals surface area contributed by atoms with E-state index in [1.165, 1.54) is 30.3 Å². The van der Waals surface area contributed by atoms with E-state index in [2.05, 4.69) is 22.3 Å². The molecule has 4 rings (SSSR count). The number of nitrogens with one attached hydrogen (secondary N) is 1. The van der Waals surface area contributed by atoms with Gasteiger partial charge in [0, 0.05) is 40.5 Å². The lowest BCUT2D eigenvalue weighted by Gasteiger charge is -2.17. The van der Waals surface area contributed by atoms with E-state index in [1.54, 1.807) is 6.07 Å². The lowest BCUT2D eigenvalue weighted by molar-refractivity contribution is 0.101. The first-order chi connectivity index (χ1) is 14.7. The van der Waals surface area contributed by atoms with Crippen molar-refractivity contribution in [2.24, 2.45) is 0 Å². The molecule has 0 bridgehead atoms. The van der Waals surface area contributed by atoms with Crippen LogP contribution in [0.5, 0.6) is 0 Å². The molecule has 3 aromatic carbocycles. The quantitative estimate of drug-likeness (QED) is 0.407. The topological polar surface area (TPSA) is 49.4 Å². The molecule has 1 amide bonds. The summed E-state index contributed by atoms with van der Waals surface area (Å²) in [5.74, 6) is 0.266. The standard InChI is InChI=1S/C25H24N2O2S/c28-24(19-7-2-1-3-8-19)18-30-23-10-6-9-20(17-23)25(29)26-21-11-13-22(14-12-21)27-15-4-5-16-27/h1-3,6-14,17H,4-5,15-16,18H2,(H,26,29). The number of benzene rings is 3. The van der Waals surface area contributed by atoms with Gasteiger partial charge in [0.25, 0.3) is 5.91 Å². The van der Waals surface area contributed by atoms with Gasteiger partial charge in [0.2, 0.25) is 0 Å². The minimum atomic E-state index is -0.152. The predicted octanol–water partition coefficient (Wildman–Crippen LogP) is 5.51. The number of anilines is 2. The number of nitrogens with zero attached hydrogens (tertiary/aromatic N) is 1. The van der Waals surface area contributed by atoms with Crippen LogP contribution in [-0.4, -0.2) is 30.5 Å². The molecule has 1 heterocycles. The Morgan fingerprint density at radius 1 is 0.833 bits per heavy atom. The SMILES string of the molecule is O=C(CSc1cccc(C(=O)Nc2ccc(N3CCCC3)cc2)c1)c1ccccc1. The molecule has 152 valence electrons. The van der Waals surface area contributed by atoms with E-state index in [9.17, 15) is 9.59 Å². The van der Waals surface area contributed by atoms with Gasteiger partial charge in [-0.2, -0.15) is 0 Å². The van der Waals surface area contributed by atoms with Crippen LogP contribution in [0.2, 0.25) is 0 Å². The number of carbonyl (C=O) groups excluding carboxylic acids is 2. The third kappa shape index (κ3) is 5.10. The van der Waals surface area contributed by atoms with Crippen LogP contribution in [0.25, 0.3) is 0 Å². The highest BCUT2D eigenvalue weighted by atomic mass is 32.2. The first-order valence-corrected chi connectivity index (χ1v) is 11.1.